The van der Waals surface area contributed by atoms with Crippen LogP contribution in [0.25, 0.3) is 11.0 Å². The minimum Gasteiger partial charge on any atom is -0.481 e. The molecule has 0 bridgehead atoms. The molecule has 0 aliphatic rings. The summed E-state index contributed by atoms with van der Waals surface area (Å²) < 4.78 is 7.66. The highest BCUT2D eigenvalue weighted by Gasteiger charge is 2.24. The molecule has 0 aliphatic heterocycles. The number of anilines is 1. The van der Waals surface area contributed by atoms with Crippen LogP contribution in [0.5, 0.6) is 0 Å². The lowest BCUT2D eigenvalue weighted by molar-refractivity contribution is -0.137. The van der Waals surface area contributed by atoms with Gasteiger partial charge in [-0.1, -0.05) is 18.5 Å². The monoisotopic (exact) mass is 458 g/mol. The SMILES string of the molecule is CC(CC(=O)O)CC(=O)c1c(CCOCCNc2cccnc2)n(C)c2ncc(Cl)cc12. The summed E-state index contributed by atoms with van der Waals surface area (Å²) in [4.78, 5) is 32.6. The maximum Gasteiger partial charge on any atom is 0.303 e. The van der Waals surface area contributed by atoms with E-state index in [4.69, 9.17) is 21.4 Å². The topological polar surface area (TPSA) is 106 Å². The Morgan fingerprint density at radius 2 is 2.09 bits per heavy atom. The van der Waals surface area contributed by atoms with Crippen LogP contribution in [0.1, 0.15) is 35.8 Å². The zero-order chi connectivity index (χ0) is 23.1. The van der Waals surface area contributed by atoms with Crippen LogP contribution in [0.4, 0.5) is 5.69 Å². The molecule has 0 saturated carbocycles. The number of carboxylic acids is 1. The van der Waals surface area contributed by atoms with Gasteiger partial charge in [-0.3, -0.25) is 14.6 Å². The van der Waals surface area contributed by atoms with E-state index in [9.17, 15) is 9.59 Å². The number of carboxylic acid groups (broad SMARTS) is 1. The number of nitrogens with one attached hydrogen (secondary N) is 1. The first-order chi connectivity index (χ1) is 15.4. The van der Waals surface area contributed by atoms with Crippen molar-refractivity contribution < 1.29 is 19.4 Å². The minimum absolute atomic E-state index is 0.0576. The zero-order valence-electron chi connectivity index (χ0n) is 18.2. The number of carbonyl (C=O) groups excluding carboxylic acids is 1. The highest BCUT2D eigenvalue weighted by Crippen LogP contribution is 2.29. The first-order valence-corrected chi connectivity index (χ1v) is 10.8. The normalized spacial score (nSPS) is 12.1. The molecule has 3 rings (SSSR count). The number of rotatable bonds is 12. The Morgan fingerprint density at radius 1 is 1.28 bits per heavy atom. The summed E-state index contributed by atoms with van der Waals surface area (Å²) >= 11 is 6.15. The second-order valence-electron chi connectivity index (χ2n) is 7.77. The molecule has 3 heterocycles. The Bertz CT molecular complexity index is 1080. The molecule has 2 N–H and O–H groups in total. The molecule has 1 unspecified atom stereocenters. The molecule has 170 valence electrons. The van der Waals surface area contributed by atoms with E-state index in [0.29, 0.717) is 47.8 Å². The van der Waals surface area contributed by atoms with Gasteiger partial charge in [0.2, 0.25) is 0 Å². The fraction of sp³-hybridized carbons (Fsp3) is 0.391. The van der Waals surface area contributed by atoms with Gasteiger partial charge in [0.25, 0.3) is 0 Å². The third kappa shape index (κ3) is 6.05. The van der Waals surface area contributed by atoms with E-state index in [1.807, 2.05) is 23.7 Å². The number of carbonyl (C=O) groups is 2. The third-order valence-corrected chi connectivity index (χ3v) is 5.38. The van der Waals surface area contributed by atoms with Gasteiger partial charge in [-0.15, -0.1) is 0 Å². The number of hydrogen-bond acceptors (Lipinski definition) is 6. The minimum atomic E-state index is -0.915. The van der Waals surface area contributed by atoms with Gasteiger partial charge in [0.05, 0.1) is 23.9 Å². The molecule has 9 heteroatoms. The molecular weight excluding hydrogens is 432 g/mol. The average molecular weight is 459 g/mol. The van der Waals surface area contributed by atoms with Crippen molar-refractivity contribution in [2.75, 3.05) is 25.1 Å². The molecule has 0 aromatic carbocycles. The van der Waals surface area contributed by atoms with Crippen LogP contribution in [0.3, 0.4) is 0 Å². The van der Waals surface area contributed by atoms with E-state index < -0.39 is 5.97 Å². The van der Waals surface area contributed by atoms with E-state index in [2.05, 4.69) is 15.3 Å². The number of aryl methyl sites for hydroxylation is 1. The molecule has 0 aliphatic carbocycles. The molecule has 1 atom stereocenters. The molecule has 0 radical (unpaired) electrons. The van der Waals surface area contributed by atoms with Crippen molar-refractivity contribution in [1.29, 1.82) is 0 Å². The zero-order valence-corrected chi connectivity index (χ0v) is 18.9. The summed E-state index contributed by atoms with van der Waals surface area (Å²) in [5.41, 5.74) is 2.95. The molecule has 3 aromatic heterocycles. The van der Waals surface area contributed by atoms with Crippen molar-refractivity contribution in [2.45, 2.75) is 26.2 Å². The van der Waals surface area contributed by atoms with Gasteiger partial charge in [-0.25, -0.2) is 4.98 Å². The van der Waals surface area contributed by atoms with E-state index >= 15 is 0 Å². The van der Waals surface area contributed by atoms with Gasteiger partial charge >= 0.3 is 5.97 Å². The maximum atomic E-state index is 13.2. The number of aliphatic carboxylic acids is 1. The number of hydrogen-bond donors (Lipinski definition) is 2. The van der Waals surface area contributed by atoms with Crippen LogP contribution >= 0.6 is 11.6 Å². The van der Waals surface area contributed by atoms with E-state index in [-0.39, 0.29) is 24.5 Å². The lowest BCUT2D eigenvalue weighted by Gasteiger charge is -2.11. The van der Waals surface area contributed by atoms with Gasteiger partial charge < -0.3 is 19.7 Å². The van der Waals surface area contributed by atoms with Crippen molar-refractivity contribution in [3.05, 3.63) is 53.1 Å². The van der Waals surface area contributed by atoms with Crippen molar-refractivity contribution in [1.82, 2.24) is 14.5 Å². The summed E-state index contributed by atoms with van der Waals surface area (Å²) in [5, 5.41) is 13.4. The van der Waals surface area contributed by atoms with Gasteiger partial charge in [0, 0.05) is 68.1 Å². The Hall–Kier alpha value is -2.97. The first kappa shape index (κ1) is 23.7. The molecule has 0 spiro atoms. The first-order valence-electron chi connectivity index (χ1n) is 10.5. The molecule has 8 nitrogen and oxygen atoms in total. The third-order valence-electron chi connectivity index (χ3n) is 5.17. The Morgan fingerprint density at radius 3 is 2.81 bits per heavy atom. The smallest absolute Gasteiger partial charge is 0.303 e. The number of nitrogens with zero attached hydrogens (tertiary/aromatic N) is 3. The quantitative estimate of drug-likeness (QED) is 0.312. The van der Waals surface area contributed by atoms with Gasteiger partial charge in [-0.05, 0) is 24.1 Å². The molecule has 0 amide bonds. The largest absolute Gasteiger partial charge is 0.481 e. The molecular formula is C23H27ClN4O4. The van der Waals surface area contributed by atoms with Crippen molar-refractivity contribution in [2.24, 2.45) is 13.0 Å². The number of Topliss-reactive ketones (excluding diaryl/α,β-unsaturated/α-hetero) is 1. The predicted octanol–water partition coefficient (Wildman–Crippen LogP) is 3.98. The predicted molar refractivity (Wildman–Crippen MR) is 123 cm³/mol. The Balaban J connectivity index is 1.69. The van der Waals surface area contributed by atoms with Gasteiger partial charge in [0.15, 0.2) is 5.78 Å². The van der Waals surface area contributed by atoms with E-state index in [1.54, 1.807) is 31.6 Å². The summed E-state index contributed by atoms with van der Waals surface area (Å²) in [6.07, 6.45) is 5.62. The number of aromatic nitrogens is 3. The summed E-state index contributed by atoms with van der Waals surface area (Å²) in [7, 11) is 1.86. The van der Waals surface area contributed by atoms with Crippen LogP contribution in [0.2, 0.25) is 5.02 Å². The lowest BCUT2D eigenvalue weighted by Crippen LogP contribution is -2.15. The average Bonchev–Trinajstić information content (AvgIpc) is 3.01. The van der Waals surface area contributed by atoms with Crippen LogP contribution in [-0.4, -0.2) is 51.2 Å². The van der Waals surface area contributed by atoms with Gasteiger partial charge in [0.1, 0.15) is 5.65 Å². The highest BCUT2D eigenvalue weighted by molar-refractivity contribution is 6.31. The standard InChI is InChI=1S/C23H27ClN4O4/c1-15(11-21(30)31)10-20(29)22-18-12-16(24)13-27-23(18)28(2)19(22)5-8-32-9-7-26-17-4-3-6-25-14-17/h3-4,6,12-15,26H,5,7-11H2,1-2H3,(H,30,31). The second-order valence-corrected chi connectivity index (χ2v) is 8.20. The summed E-state index contributed by atoms with van der Waals surface area (Å²) in [6, 6.07) is 5.53. The summed E-state index contributed by atoms with van der Waals surface area (Å²) in [5.74, 6) is -1.30. The summed E-state index contributed by atoms with van der Waals surface area (Å²) in [6.45, 7) is 3.33. The number of halogens is 1. The molecule has 0 saturated heterocycles. The number of ketones is 1. The van der Waals surface area contributed by atoms with E-state index in [0.717, 1.165) is 11.4 Å². The lowest BCUT2D eigenvalue weighted by atomic mass is 9.95. The Labute approximate surface area is 191 Å². The van der Waals surface area contributed by atoms with Crippen molar-refractivity contribution in [3.63, 3.8) is 0 Å². The van der Waals surface area contributed by atoms with Gasteiger partial charge in [-0.2, -0.15) is 0 Å². The fourth-order valence-electron chi connectivity index (χ4n) is 3.73. The second kappa shape index (κ2) is 11.1. The van der Waals surface area contributed by atoms with Crippen molar-refractivity contribution in [3.8, 4) is 0 Å². The number of ether oxygens (including phenoxy) is 1. The van der Waals surface area contributed by atoms with Crippen molar-refractivity contribution >= 4 is 40.1 Å². The Kier molecular flexibility index (Phi) is 8.19. The van der Waals surface area contributed by atoms with E-state index in [1.165, 1.54) is 0 Å². The molecule has 0 fully saturated rings. The fourth-order valence-corrected chi connectivity index (χ4v) is 3.89. The number of fused-ring (bicyclic) bond motifs is 1. The molecule has 3 aromatic rings. The van der Waals surface area contributed by atoms with Crippen LogP contribution < -0.4 is 5.32 Å². The molecule has 32 heavy (non-hydrogen) atoms. The maximum absolute atomic E-state index is 13.2. The highest BCUT2D eigenvalue weighted by atomic mass is 35.5. The van der Waals surface area contributed by atoms with Crippen LogP contribution in [0, 0.1) is 5.92 Å². The van der Waals surface area contributed by atoms with Crippen LogP contribution in [-0.2, 0) is 23.0 Å². The van der Waals surface area contributed by atoms with Crippen LogP contribution in [0.15, 0.2) is 36.8 Å². The number of pyridine rings is 2.